The molecule has 0 saturated heterocycles. The molecule has 0 unspecified atom stereocenters. The van der Waals surface area contributed by atoms with Crippen LogP contribution in [0.15, 0.2) is 0 Å². The Kier molecular flexibility index (Phi) is 4.81. The van der Waals surface area contributed by atoms with E-state index in [9.17, 15) is 0 Å². The predicted octanol–water partition coefficient (Wildman–Crippen LogP) is 1.50. The Labute approximate surface area is 102 Å². The quantitative estimate of drug-likeness (QED) is 0.695. The van der Waals surface area contributed by atoms with Gasteiger partial charge in [0.1, 0.15) is 5.69 Å². The maximum absolute atomic E-state index is 5.89. The summed E-state index contributed by atoms with van der Waals surface area (Å²) in [5.74, 6) is 1.62. The molecule has 1 aromatic heterocycles. The van der Waals surface area contributed by atoms with Gasteiger partial charge < -0.3 is 21.5 Å². The first-order chi connectivity index (χ1) is 8.04. The molecule has 0 aliphatic carbocycles. The fourth-order valence-corrected chi connectivity index (χ4v) is 1.27. The van der Waals surface area contributed by atoms with E-state index in [0.29, 0.717) is 36.5 Å². The van der Waals surface area contributed by atoms with Crippen LogP contribution in [0.25, 0.3) is 0 Å². The van der Waals surface area contributed by atoms with Gasteiger partial charge in [-0.25, -0.2) is 0 Å². The summed E-state index contributed by atoms with van der Waals surface area (Å²) >= 11 is 0. The zero-order valence-electron chi connectivity index (χ0n) is 10.7. The molecule has 0 aliphatic heterocycles. The van der Waals surface area contributed by atoms with Crippen LogP contribution in [-0.2, 0) is 0 Å². The van der Waals surface area contributed by atoms with Crippen molar-refractivity contribution in [3.8, 4) is 5.88 Å². The van der Waals surface area contributed by atoms with E-state index < -0.39 is 0 Å². The Bertz CT molecular complexity index is 367. The first-order valence-electron chi connectivity index (χ1n) is 5.84. The van der Waals surface area contributed by atoms with E-state index in [1.807, 2.05) is 6.92 Å². The maximum Gasteiger partial charge on any atom is 0.244 e. The van der Waals surface area contributed by atoms with Crippen molar-refractivity contribution in [3.63, 3.8) is 0 Å². The molecule has 1 heterocycles. The second-order valence-corrected chi connectivity index (χ2v) is 4.21. The van der Waals surface area contributed by atoms with Crippen molar-refractivity contribution in [3.05, 3.63) is 0 Å². The van der Waals surface area contributed by atoms with Crippen molar-refractivity contribution in [2.75, 3.05) is 29.9 Å². The highest BCUT2D eigenvalue weighted by Crippen LogP contribution is 2.26. The highest BCUT2D eigenvalue weighted by molar-refractivity contribution is 5.68. The molecule has 1 aromatic rings. The molecule has 0 spiro atoms. The molecule has 96 valence electrons. The van der Waals surface area contributed by atoms with Gasteiger partial charge in [0, 0.05) is 6.54 Å². The first-order valence-corrected chi connectivity index (χ1v) is 5.84. The largest absolute Gasteiger partial charge is 0.476 e. The SMILES string of the molecule is CCNc1nc(N)nc(OCCC(C)C)c1N. The van der Waals surface area contributed by atoms with E-state index in [1.165, 1.54) is 0 Å². The number of rotatable bonds is 6. The van der Waals surface area contributed by atoms with E-state index in [1.54, 1.807) is 0 Å². The van der Waals surface area contributed by atoms with Crippen LogP contribution in [-0.4, -0.2) is 23.1 Å². The smallest absolute Gasteiger partial charge is 0.244 e. The van der Waals surface area contributed by atoms with E-state index in [4.69, 9.17) is 16.2 Å². The van der Waals surface area contributed by atoms with Crippen molar-refractivity contribution in [2.24, 2.45) is 5.92 Å². The van der Waals surface area contributed by atoms with E-state index in [2.05, 4.69) is 29.1 Å². The lowest BCUT2D eigenvalue weighted by atomic mass is 10.1. The third kappa shape index (κ3) is 3.97. The van der Waals surface area contributed by atoms with Crippen LogP contribution in [0.2, 0.25) is 0 Å². The van der Waals surface area contributed by atoms with Crippen molar-refractivity contribution in [1.29, 1.82) is 0 Å². The highest BCUT2D eigenvalue weighted by atomic mass is 16.5. The molecule has 6 nitrogen and oxygen atoms in total. The Hall–Kier alpha value is -1.72. The van der Waals surface area contributed by atoms with Crippen LogP contribution < -0.4 is 21.5 Å². The molecular weight excluding hydrogens is 218 g/mol. The van der Waals surface area contributed by atoms with Gasteiger partial charge >= 0.3 is 0 Å². The van der Waals surface area contributed by atoms with Gasteiger partial charge in [-0.05, 0) is 19.3 Å². The first kappa shape index (κ1) is 13.3. The predicted molar refractivity (Wildman–Crippen MR) is 70.0 cm³/mol. The fourth-order valence-electron chi connectivity index (χ4n) is 1.27. The minimum atomic E-state index is 0.162. The minimum Gasteiger partial charge on any atom is -0.476 e. The molecule has 0 aromatic carbocycles. The number of hydrogen-bond acceptors (Lipinski definition) is 6. The lowest BCUT2D eigenvalue weighted by Gasteiger charge is -2.12. The third-order valence-corrected chi connectivity index (χ3v) is 2.21. The molecule has 0 amide bonds. The van der Waals surface area contributed by atoms with E-state index in [0.717, 1.165) is 6.42 Å². The lowest BCUT2D eigenvalue weighted by Crippen LogP contribution is -2.11. The summed E-state index contributed by atoms with van der Waals surface area (Å²) in [5.41, 5.74) is 11.9. The number of anilines is 3. The van der Waals surface area contributed by atoms with Gasteiger partial charge in [0.2, 0.25) is 11.8 Å². The number of hydrogen-bond donors (Lipinski definition) is 3. The van der Waals surface area contributed by atoms with Gasteiger partial charge in [-0.1, -0.05) is 13.8 Å². The Morgan fingerprint density at radius 2 is 2.00 bits per heavy atom. The van der Waals surface area contributed by atoms with Crippen molar-refractivity contribution < 1.29 is 4.74 Å². The van der Waals surface area contributed by atoms with Crippen LogP contribution in [0, 0.1) is 5.92 Å². The van der Waals surface area contributed by atoms with Crippen LogP contribution in [0.1, 0.15) is 27.2 Å². The third-order valence-electron chi connectivity index (χ3n) is 2.21. The number of aromatic nitrogens is 2. The molecule has 0 fully saturated rings. The summed E-state index contributed by atoms with van der Waals surface area (Å²) < 4.78 is 5.52. The number of nitrogen functional groups attached to an aromatic ring is 2. The summed E-state index contributed by atoms with van der Waals surface area (Å²) in [6.45, 7) is 7.50. The molecule has 0 atom stereocenters. The summed E-state index contributed by atoms with van der Waals surface area (Å²) in [5, 5.41) is 3.02. The molecular formula is C11H21N5O. The van der Waals surface area contributed by atoms with Crippen molar-refractivity contribution in [2.45, 2.75) is 27.2 Å². The number of nitrogens with zero attached hydrogens (tertiary/aromatic N) is 2. The number of nitrogens with one attached hydrogen (secondary N) is 1. The summed E-state index contributed by atoms with van der Waals surface area (Å²) in [7, 11) is 0. The number of nitrogens with two attached hydrogens (primary N) is 2. The summed E-state index contributed by atoms with van der Waals surface area (Å²) in [6.07, 6.45) is 0.944. The Morgan fingerprint density at radius 1 is 1.29 bits per heavy atom. The average molecular weight is 239 g/mol. The molecule has 0 radical (unpaired) electrons. The van der Waals surface area contributed by atoms with Gasteiger partial charge in [-0.3, -0.25) is 0 Å². The molecule has 0 saturated carbocycles. The van der Waals surface area contributed by atoms with Gasteiger partial charge in [0.15, 0.2) is 5.82 Å². The van der Waals surface area contributed by atoms with Crippen LogP contribution in [0.4, 0.5) is 17.5 Å². The molecule has 1 rings (SSSR count). The topological polar surface area (TPSA) is 99.1 Å². The maximum atomic E-state index is 5.89. The Morgan fingerprint density at radius 3 is 2.59 bits per heavy atom. The van der Waals surface area contributed by atoms with Crippen LogP contribution in [0.3, 0.4) is 0 Å². The normalized spacial score (nSPS) is 10.6. The zero-order valence-corrected chi connectivity index (χ0v) is 10.7. The molecule has 0 aliphatic rings. The van der Waals surface area contributed by atoms with Crippen molar-refractivity contribution in [1.82, 2.24) is 9.97 Å². The second kappa shape index (κ2) is 6.12. The molecule has 17 heavy (non-hydrogen) atoms. The molecule has 5 N–H and O–H groups in total. The summed E-state index contributed by atoms with van der Waals surface area (Å²) in [4.78, 5) is 8.01. The average Bonchev–Trinajstić information content (AvgIpc) is 2.24. The van der Waals surface area contributed by atoms with Crippen LogP contribution >= 0.6 is 0 Å². The van der Waals surface area contributed by atoms with Gasteiger partial charge in [-0.2, -0.15) is 9.97 Å². The minimum absolute atomic E-state index is 0.162. The number of ether oxygens (including phenoxy) is 1. The van der Waals surface area contributed by atoms with Crippen LogP contribution in [0.5, 0.6) is 5.88 Å². The molecule has 6 heteroatoms. The van der Waals surface area contributed by atoms with E-state index in [-0.39, 0.29) is 5.95 Å². The highest BCUT2D eigenvalue weighted by Gasteiger charge is 2.11. The monoisotopic (exact) mass is 239 g/mol. The zero-order chi connectivity index (χ0) is 12.8. The van der Waals surface area contributed by atoms with Gasteiger partial charge in [0.25, 0.3) is 0 Å². The summed E-state index contributed by atoms with van der Waals surface area (Å²) in [6, 6.07) is 0. The standard InChI is InChI=1S/C11H21N5O/c1-4-14-9-8(12)10(16-11(13)15-9)17-6-5-7(2)3/h7H,4-6,12H2,1-3H3,(H3,13,14,15,16). The van der Waals surface area contributed by atoms with Crippen molar-refractivity contribution >= 4 is 17.5 Å². The Balaban J connectivity index is 2.76. The second-order valence-electron chi connectivity index (χ2n) is 4.21. The lowest BCUT2D eigenvalue weighted by molar-refractivity contribution is 0.281. The molecule has 0 bridgehead atoms. The van der Waals surface area contributed by atoms with Gasteiger partial charge in [0.05, 0.1) is 6.61 Å². The van der Waals surface area contributed by atoms with E-state index >= 15 is 0 Å². The fraction of sp³-hybridized carbons (Fsp3) is 0.636. The van der Waals surface area contributed by atoms with Gasteiger partial charge in [-0.15, -0.1) is 0 Å².